The molecule has 0 aromatic carbocycles. The maximum absolute atomic E-state index is 13.2. The van der Waals surface area contributed by atoms with Gasteiger partial charge in [-0.3, -0.25) is 9.78 Å². The molecule has 1 fully saturated rings. The first kappa shape index (κ1) is 23.2. The highest BCUT2D eigenvalue weighted by molar-refractivity contribution is 5.77. The molecule has 31 heavy (non-hydrogen) atoms. The molecule has 170 valence electrons. The van der Waals surface area contributed by atoms with E-state index in [1.807, 2.05) is 31.5 Å². The Morgan fingerprint density at radius 2 is 1.87 bits per heavy atom. The molecule has 0 aliphatic heterocycles. The van der Waals surface area contributed by atoms with Crippen LogP contribution in [0.2, 0.25) is 0 Å². The van der Waals surface area contributed by atoms with Crippen LogP contribution < -0.4 is 5.32 Å². The monoisotopic (exact) mass is 427 g/mol. The van der Waals surface area contributed by atoms with Crippen molar-refractivity contribution >= 4 is 17.6 Å². The number of anilines is 2. The van der Waals surface area contributed by atoms with E-state index < -0.39 is 11.0 Å². The first-order chi connectivity index (χ1) is 14.4. The fourth-order valence-electron chi connectivity index (χ4n) is 4.12. The fraction of sp³-hybridized carbons (Fsp3) is 0.667. The summed E-state index contributed by atoms with van der Waals surface area (Å²) in [5, 5.41) is 7.75. The van der Waals surface area contributed by atoms with Crippen LogP contribution in [-0.2, 0) is 21.5 Å². The van der Waals surface area contributed by atoms with E-state index >= 15 is 0 Å². The van der Waals surface area contributed by atoms with Crippen molar-refractivity contribution in [2.75, 3.05) is 5.32 Å². The summed E-state index contributed by atoms with van der Waals surface area (Å²) in [4.78, 5) is 22.4. The molecule has 1 saturated carbocycles. The first-order valence-electron chi connectivity index (χ1n) is 11.2. The molecular weight excluding hydrogens is 390 g/mol. The van der Waals surface area contributed by atoms with Crippen LogP contribution in [0.15, 0.2) is 24.7 Å². The normalized spacial score (nSPS) is 22.2. The summed E-state index contributed by atoms with van der Waals surface area (Å²) < 4.78 is 7.77. The van der Waals surface area contributed by atoms with Gasteiger partial charge >= 0.3 is 5.97 Å². The van der Waals surface area contributed by atoms with Crippen LogP contribution in [0, 0.1) is 11.3 Å². The Morgan fingerprint density at radius 3 is 2.48 bits per heavy atom. The molecule has 0 amide bonds. The number of rotatable bonds is 5. The minimum Gasteiger partial charge on any atom is -0.460 e. The molecule has 3 rings (SSSR count). The summed E-state index contributed by atoms with van der Waals surface area (Å²) in [6, 6.07) is 1.92. The number of esters is 1. The van der Waals surface area contributed by atoms with E-state index in [2.05, 4.69) is 43.1 Å². The second kappa shape index (κ2) is 8.60. The van der Waals surface area contributed by atoms with E-state index in [-0.39, 0.29) is 11.5 Å². The van der Waals surface area contributed by atoms with Crippen molar-refractivity contribution in [1.29, 1.82) is 0 Å². The zero-order valence-electron chi connectivity index (χ0n) is 20.0. The van der Waals surface area contributed by atoms with Gasteiger partial charge in [0.2, 0.25) is 0 Å². The van der Waals surface area contributed by atoms with Gasteiger partial charge in [-0.2, -0.15) is 5.10 Å². The number of carbonyl (C=O) groups is 1. The van der Waals surface area contributed by atoms with Crippen molar-refractivity contribution < 1.29 is 9.53 Å². The molecule has 2 aromatic heterocycles. The summed E-state index contributed by atoms with van der Waals surface area (Å²) in [5.74, 6) is 2.02. The Labute approximate surface area is 186 Å². The van der Waals surface area contributed by atoms with Gasteiger partial charge < -0.3 is 10.1 Å². The van der Waals surface area contributed by atoms with Crippen molar-refractivity contribution in [3.63, 3.8) is 0 Å². The minimum atomic E-state index is -0.541. The number of nitrogens with one attached hydrogen (secondary N) is 1. The molecule has 0 bridgehead atoms. The predicted molar refractivity (Wildman–Crippen MR) is 122 cm³/mol. The number of hydrogen-bond donors (Lipinski definition) is 1. The van der Waals surface area contributed by atoms with Crippen LogP contribution >= 0.6 is 0 Å². The van der Waals surface area contributed by atoms with E-state index in [0.717, 1.165) is 37.2 Å². The molecule has 1 N–H and O–H groups in total. The lowest BCUT2D eigenvalue weighted by Gasteiger charge is -2.39. The molecular formula is C24H37N5O2. The van der Waals surface area contributed by atoms with E-state index in [1.165, 1.54) is 0 Å². The largest absolute Gasteiger partial charge is 0.460 e. The van der Waals surface area contributed by atoms with Crippen LogP contribution in [0.3, 0.4) is 0 Å². The standard InChI is InChI=1S/C24H37N5O2/c1-17-8-11-24(12-9-17,21(30)31-23(5,6)7)14-18-15-25-16-19(27-18)28-20-10-13-26-29(20)22(2,3)4/h10,13,15-17H,8-9,11-12,14H2,1-7H3,(H,27,28). The Bertz CT molecular complexity index is 899. The third-order valence-electron chi connectivity index (χ3n) is 5.80. The van der Waals surface area contributed by atoms with E-state index in [4.69, 9.17) is 9.72 Å². The smallest absolute Gasteiger partial charge is 0.312 e. The van der Waals surface area contributed by atoms with Crippen molar-refractivity contribution in [3.8, 4) is 0 Å². The molecule has 7 nitrogen and oxygen atoms in total. The third kappa shape index (κ3) is 5.83. The van der Waals surface area contributed by atoms with E-state index in [0.29, 0.717) is 18.2 Å². The number of nitrogens with zero attached hydrogens (tertiary/aromatic N) is 4. The van der Waals surface area contributed by atoms with E-state index in [9.17, 15) is 4.79 Å². The Balaban J connectivity index is 1.83. The second-order valence-corrected chi connectivity index (χ2v) is 11.0. The molecule has 2 heterocycles. The summed E-state index contributed by atoms with van der Waals surface area (Å²) in [6.45, 7) is 14.3. The van der Waals surface area contributed by atoms with Crippen molar-refractivity contribution in [1.82, 2.24) is 19.7 Å². The molecule has 1 aliphatic carbocycles. The summed E-state index contributed by atoms with van der Waals surface area (Å²) in [6.07, 6.45) is 9.45. The van der Waals surface area contributed by atoms with Gasteiger partial charge in [-0.1, -0.05) is 6.92 Å². The summed E-state index contributed by atoms with van der Waals surface area (Å²) >= 11 is 0. The molecule has 0 saturated heterocycles. The highest BCUT2D eigenvalue weighted by atomic mass is 16.6. The van der Waals surface area contributed by atoms with Crippen LogP contribution in [0.25, 0.3) is 0 Å². The van der Waals surface area contributed by atoms with Crippen molar-refractivity contribution in [3.05, 3.63) is 30.4 Å². The summed E-state index contributed by atoms with van der Waals surface area (Å²) in [7, 11) is 0. The SMILES string of the molecule is CC1CCC(Cc2cncc(Nc3ccnn3C(C)(C)C)n2)(C(=O)OC(C)(C)C)CC1. The third-order valence-corrected chi connectivity index (χ3v) is 5.80. The Kier molecular flexibility index (Phi) is 6.44. The number of hydrogen-bond acceptors (Lipinski definition) is 6. The quantitative estimate of drug-likeness (QED) is 0.656. The lowest BCUT2D eigenvalue weighted by atomic mass is 9.68. The van der Waals surface area contributed by atoms with Crippen LogP contribution in [-0.4, -0.2) is 31.3 Å². The van der Waals surface area contributed by atoms with E-state index in [1.54, 1.807) is 18.6 Å². The molecule has 2 aromatic rings. The average Bonchev–Trinajstić information content (AvgIpc) is 3.11. The molecule has 0 spiro atoms. The number of ether oxygens (including phenoxy) is 1. The van der Waals surface area contributed by atoms with Gasteiger partial charge in [-0.05, 0) is 73.1 Å². The second-order valence-electron chi connectivity index (χ2n) is 11.0. The van der Waals surface area contributed by atoms with Gasteiger partial charge in [0.05, 0.1) is 29.0 Å². The van der Waals surface area contributed by atoms with Gasteiger partial charge in [-0.25, -0.2) is 9.67 Å². The Morgan fingerprint density at radius 1 is 1.19 bits per heavy atom. The van der Waals surface area contributed by atoms with Crippen LogP contribution in [0.5, 0.6) is 0 Å². The van der Waals surface area contributed by atoms with Gasteiger partial charge in [0.25, 0.3) is 0 Å². The maximum Gasteiger partial charge on any atom is 0.312 e. The minimum absolute atomic E-state index is 0.113. The van der Waals surface area contributed by atoms with Crippen LogP contribution in [0.4, 0.5) is 11.6 Å². The fourth-order valence-corrected chi connectivity index (χ4v) is 4.12. The lowest BCUT2D eigenvalue weighted by Crippen LogP contribution is -2.42. The molecule has 0 unspecified atom stereocenters. The average molecular weight is 428 g/mol. The molecule has 0 atom stereocenters. The highest BCUT2D eigenvalue weighted by Crippen LogP contribution is 2.43. The summed E-state index contributed by atoms with van der Waals surface area (Å²) in [5.41, 5.74) is -0.406. The van der Waals surface area contributed by atoms with Gasteiger partial charge in [-0.15, -0.1) is 0 Å². The van der Waals surface area contributed by atoms with Gasteiger partial charge in [0.15, 0.2) is 0 Å². The zero-order chi connectivity index (χ0) is 22.9. The number of aromatic nitrogens is 4. The van der Waals surface area contributed by atoms with Crippen molar-refractivity contribution in [2.45, 2.75) is 91.7 Å². The predicted octanol–water partition coefficient (Wildman–Crippen LogP) is 5.25. The highest BCUT2D eigenvalue weighted by Gasteiger charge is 2.44. The number of carbonyl (C=O) groups excluding carboxylic acids is 1. The van der Waals surface area contributed by atoms with Crippen LogP contribution in [0.1, 0.15) is 79.8 Å². The topological polar surface area (TPSA) is 81.9 Å². The lowest BCUT2D eigenvalue weighted by molar-refractivity contribution is -0.170. The van der Waals surface area contributed by atoms with Gasteiger partial charge in [0.1, 0.15) is 17.2 Å². The van der Waals surface area contributed by atoms with Crippen molar-refractivity contribution in [2.24, 2.45) is 11.3 Å². The Hall–Kier alpha value is -2.44. The maximum atomic E-state index is 13.2. The first-order valence-corrected chi connectivity index (χ1v) is 11.2. The van der Waals surface area contributed by atoms with Gasteiger partial charge in [0, 0.05) is 18.7 Å². The molecule has 1 aliphatic rings. The molecule has 0 radical (unpaired) electrons. The molecule has 7 heteroatoms. The zero-order valence-corrected chi connectivity index (χ0v) is 20.0.